The number of phenolic OH excluding ortho intramolecular Hbond substituents is 1. The number of ether oxygens (including phenoxy) is 1. The molecule has 0 saturated heterocycles. The number of benzene rings is 1. The van der Waals surface area contributed by atoms with E-state index in [1.165, 1.54) is 0 Å². The fraction of sp³-hybridized carbons (Fsp3) is 0.500. The summed E-state index contributed by atoms with van der Waals surface area (Å²) in [5.74, 6) is 1.58. The second-order valence-electron chi connectivity index (χ2n) is 3.70. The molecule has 0 spiro atoms. The molecule has 0 bridgehead atoms. The molecule has 1 unspecified atom stereocenters. The van der Waals surface area contributed by atoms with Gasteiger partial charge in [0.05, 0.1) is 7.11 Å². The maximum atomic E-state index is 9.58. The van der Waals surface area contributed by atoms with E-state index in [1.807, 2.05) is 12.1 Å². The second kappa shape index (κ2) is 8.53. The molecule has 1 rings (SSSR count). The van der Waals surface area contributed by atoms with Gasteiger partial charge in [-0.3, -0.25) is 0 Å². The molecule has 0 radical (unpaired) electrons. The van der Waals surface area contributed by atoms with Gasteiger partial charge in [-0.05, 0) is 30.7 Å². The summed E-state index contributed by atoms with van der Waals surface area (Å²) in [7, 11) is 5.06. The van der Waals surface area contributed by atoms with Crippen LogP contribution < -0.4 is 16.2 Å². The first-order valence-electron chi connectivity index (χ1n) is 5.78. The lowest BCUT2D eigenvalue weighted by Crippen LogP contribution is -2.05. The normalized spacial score (nSPS) is 12.4. The van der Waals surface area contributed by atoms with Crippen LogP contribution >= 0.6 is 21.6 Å². The van der Waals surface area contributed by atoms with Crippen molar-refractivity contribution in [2.75, 3.05) is 26.0 Å². The van der Waals surface area contributed by atoms with E-state index >= 15 is 0 Å². The molecule has 0 heterocycles. The van der Waals surface area contributed by atoms with Gasteiger partial charge in [-0.25, -0.2) is 0 Å². The van der Waals surface area contributed by atoms with Gasteiger partial charge in [0, 0.05) is 17.5 Å². The highest BCUT2D eigenvalue weighted by Crippen LogP contribution is 2.42. The molecular weight excluding hydrogens is 268 g/mol. The molecule has 0 amide bonds. The van der Waals surface area contributed by atoms with Crippen LogP contribution in [0.25, 0.3) is 0 Å². The topological polar surface area (TPSA) is 81.5 Å². The van der Waals surface area contributed by atoms with Crippen molar-refractivity contribution in [2.24, 2.45) is 11.5 Å². The fourth-order valence-corrected chi connectivity index (χ4v) is 4.03. The van der Waals surface area contributed by atoms with E-state index in [4.69, 9.17) is 16.2 Å². The third kappa shape index (κ3) is 4.61. The Kier molecular flexibility index (Phi) is 7.34. The van der Waals surface area contributed by atoms with E-state index in [1.54, 1.807) is 34.8 Å². The van der Waals surface area contributed by atoms with Crippen molar-refractivity contribution in [1.82, 2.24) is 0 Å². The van der Waals surface area contributed by atoms with Gasteiger partial charge in [0.2, 0.25) is 0 Å². The summed E-state index contributed by atoms with van der Waals surface area (Å²) in [5.41, 5.74) is 12.2. The zero-order valence-corrected chi connectivity index (χ0v) is 12.1. The van der Waals surface area contributed by atoms with Crippen molar-refractivity contribution >= 4 is 21.6 Å². The van der Waals surface area contributed by atoms with Crippen molar-refractivity contribution in [3.63, 3.8) is 0 Å². The minimum absolute atomic E-state index is 0.160. The van der Waals surface area contributed by atoms with Gasteiger partial charge in [0.15, 0.2) is 11.5 Å². The summed E-state index contributed by atoms with van der Waals surface area (Å²) in [6, 6.07) is 5.44. The Morgan fingerprint density at radius 1 is 1.33 bits per heavy atom. The number of rotatable bonds is 8. The quantitative estimate of drug-likeness (QED) is 0.502. The third-order valence-corrected chi connectivity index (χ3v) is 5.27. The summed E-state index contributed by atoms with van der Waals surface area (Å²) >= 11 is 0. The van der Waals surface area contributed by atoms with E-state index in [0.717, 1.165) is 17.7 Å². The molecule has 102 valence electrons. The van der Waals surface area contributed by atoms with Gasteiger partial charge in [-0.1, -0.05) is 27.7 Å². The smallest absolute Gasteiger partial charge is 0.160 e. The second-order valence-corrected chi connectivity index (χ2v) is 6.39. The third-order valence-electron chi connectivity index (χ3n) is 2.39. The molecule has 18 heavy (non-hydrogen) atoms. The van der Waals surface area contributed by atoms with E-state index in [2.05, 4.69) is 0 Å². The van der Waals surface area contributed by atoms with Crippen LogP contribution in [0.4, 0.5) is 0 Å². The first kappa shape index (κ1) is 15.5. The van der Waals surface area contributed by atoms with Crippen LogP contribution in [0.2, 0.25) is 0 Å². The Hall–Kier alpha value is -0.560. The summed E-state index contributed by atoms with van der Waals surface area (Å²) in [6.07, 6.45) is 0.885. The maximum Gasteiger partial charge on any atom is 0.160 e. The first-order chi connectivity index (χ1) is 8.72. The van der Waals surface area contributed by atoms with Crippen LogP contribution in [0.15, 0.2) is 18.2 Å². The highest BCUT2D eigenvalue weighted by Gasteiger charge is 2.14. The minimum atomic E-state index is 0.160. The van der Waals surface area contributed by atoms with E-state index < -0.39 is 0 Å². The molecule has 0 aromatic heterocycles. The van der Waals surface area contributed by atoms with Gasteiger partial charge in [0.1, 0.15) is 0 Å². The number of phenols is 1. The van der Waals surface area contributed by atoms with Crippen LogP contribution in [-0.4, -0.2) is 31.1 Å². The van der Waals surface area contributed by atoms with Gasteiger partial charge >= 0.3 is 0 Å². The van der Waals surface area contributed by atoms with E-state index in [-0.39, 0.29) is 5.75 Å². The van der Waals surface area contributed by atoms with Gasteiger partial charge < -0.3 is 21.3 Å². The number of aromatic hydroxyl groups is 1. The van der Waals surface area contributed by atoms with Crippen LogP contribution in [0.3, 0.4) is 0 Å². The largest absolute Gasteiger partial charge is 0.504 e. The minimum Gasteiger partial charge on any atom is -0.504 e. The average Bonchev–Trinajstić information content (AvgIpc) is 2.39. The zero-order chi connectivity index (χ0) is 13.4. The Morgan fingerprint density at radius 2 is 2.11 bits per heavy atom. The summed E-state index contributed by atoms with van der Waals surface area (Å²) in [6.45, 7) is 1.30. The molecule has 0 aliphatic carbocycles. The molecule has 5 N–H and O–H groups in total. The molecule has 0 aliphatic heterocycles. The Morgan fingerprint density at radius 3 is 2.72 bits per heavy atom. The predicted octanol–water partition coefficient (Wildman–Crippen LogP) is 2.13. The van der Waals surface area contributed by atoms with Gasteiger partial charge in [-0.15, -0.1) is 0 Å². The molecule has 1 aromatic rings. The first-order valence-corrected chi connectivity index (χ1v) is 8.16. The van der Waals surface area contributed by atoms with Crippen LogP contribution in [0, 0.1) is 0 Å². The van der Waals surface area contributed by atoms with E-state index in [9.17, 15) is 5.11 Å². The summed E-state index contributed by atoms with van der Waals surface area (Å²) in [5, 5.41) is 9.88. The summed E-state index contributed by atoms with van der Waals surface area (Å²) < 4.78 is 5.12. The lowest BCUT2D eigenvalue weighted by molar-refractivity contribution is 0.373. The van der Waals surface area contributed by atoms with Crippen molar-refractivity contribution in [3.8, 4) is 11.5 Å². The molecule has 6 heteroatoms. The molecule has 4 nitrogen and oxygen atoms in total. The Balaban J connectivity index is 2.77. The number of hydrogen-bond acceptors (Lipinski definition) is 6. The highest BCUT2D eigenvalue weighted by atomic mass is 33.1. The molecular formula is C12H20N2O2S2. The lowest BCUT2D eigenvalue weighted by Gasteiger charge is -2.16. The molecule has 1 aromatic carbocycles. The standard InChI is InChI=1S/C12H20N2O2S2/c1-16-11-8-9(2-3-10(11)15)12(4-5-13)18-17-7-6-14/h2-3,8,12,15H,4-7,13-14H2,1H3. The van der Waals surface area contributed by atoms with E-state index in [0.29, 0.717) is 24.1 Å². The fourth-order valence-electron chi connectivity index (χ4n) is 1.49. The van der Waals surface area contributed by atoms with Crippen molar-refractivity contribution < 1.29 is 9.84 Å². The lowest BCUT2D eigenvalue weighted by atomic mass is 10.1. The predicted molar refractivity (Wildman–Crippen MR) is 80.2 cm³/mol. The number of hydrogen-bond donors (Lipinski definition) is 3. The Bertz CT molecular complexity index is 364. The number of methoxy groups -OCH3 is 1. The monoisotopic (exact) mass is 288 g/mol. The SMILES string of the molecule is COc1cc(C(CCN)SSCCN)ccc1O. The number of nitrogens with two attached hydrogens (primary N) is 2. The maximum absolute atomic E-state index is 9.58. The zero-order valence-electron chi connectivity index (χ0n) is 10.5. The van der Waals surface area contributed by atoms with Crippen LogP contribution in [0.5, 0.6) is 11.5 Å². The molecule has 0 aliphatic rings. The highest BCUT2D eigenvalue weighted by molar-refractivity contribution is 8.76. The van der Waals surface area contributed by atoms with Crippen LogP contribution in [0.1, 0.15) is 17.2 Å². The van der Waals surface area contributed by atoms with Crippen molar-refractivity contribution in [1.29, 1.82) is 0 Å². The molecule has 1 atom stereocenters. The molecule has 0 saturated carbocycles. The Labute approximate surface area is 116 Å². The van der Waals surface area contributed by atoms with Gasteiger partial charge in [-0.2, -0.15) is 0 Å². The summed E-state index contributed by atoms with van der Waals surface area (Å²) in [4.78, 5) is 0. The molecule has 0 fully saturated rings. The van der Waals surface area contributed by atoms with Gasteiger partial charge in [0.25, 0.3) is 0 Å². The average molecular weight is 288 g/mol. The van der Waals surface area contributed by atoms with Crippen LogP contribution in [-0.2, 0) is 0 Å². The van der Waals surface area contributed by atoms with Crippen molar-refractivity contribution in [3.05, 3.63) is 23.8 Å². The van der Waals surface area contributed by atoms with Crippen molar-refractivity contribution in [2.45, 2.75) is 11.7 Å².